The van der Waals surface area contributed by atoms with Crippen LogP contribution >= 0.6 is 0 Å². The van der Waals surface area contributed by atoms with Gasteiger partial charge in [-0.05, 0) is 53.1 Å². The fourth-order valence-electron chi connectivity index (χ4n) is 2.20. The van der Waals surface area contributed by atoms with E-state index in [0.717, 1.165) is 25.9 Å². The largest absolute Gasteiger partial charge is 0.368 e. The highest BCUT2D eigenvalue weighted by Crippen LogP contribution is 2.29. The molecule has 1 fully saturated rings. The molecule has 1 saturated heterocycles. The Morgan fingerprint density at radius 3 is 2.57 bits per heavy atom. The van der Waals surface area contributed by atoms with Gasteiger partial charge in [-0.25, -0.2) is 0 Å². The first-order valence-electron chi connectivity index (χ1n) is 5.58. The van der Waals surface area contributed by atoms with Crippen LogP contribution in [0.3, 0.4) is 0 Å². The Bertz CT molecular complexity index is 163. The van der Waals surface area contributed by atoms with Gasteiger partial charge in [-0.2, -0.15) is 0 Å². The van der Waals surface area contributed by atoms with E-state index in [9.17, 15) is 0 Å². The minimum Gasteiger partial charge on any atom is -0.368 e. The average Bonchev–Trinajstić information content (AvgIpc) is 2.02. The summed E-state index contributed by atoms with van der Waals surface area (Å²) in [6.07, 6.45) is 3.28. The van der Waals surface area contributed by atoms with Gasteiger partial charge in [-0.1, -0.05) is 0 Å². The number of ether oxygens (including phenoxy) is 1. The molecular weight excluding hydrogens is 176 g/mol. The molecule has 1 atom stereocenters. The van der Waals surface area contributed by atoms with Crippen molar-refractivity contribution in [3.8, 4) is 0 Å². The molecule has 0 aromatic heterocycles. The maximum absolute atomic E-state index is 6.16. The van der Waals surface area contributed by atoms with Crippen molar-refractivity contribution in [1.29, 1.82) is 0 Å². The Hall–Kier alpha value is -0.120. The molecular formula is C11H24N2O. The van der Waals surface area contributed by atoms with Crippen LogP contribution in [0.1, 0.15) is 40.0 Å². The zero-order valence-electron chi connectivity index (χ0n) is 9.73. The molecule has 1 heterocycles. The predicted molar refractivity (Wildman–Crippen MR) is 59.3 cm³/mol. The highest BCUT2D eigenvalue weighted by atomic mass is 16.5. The van der Waals surface area contributed by atoms with E-state index in [0.29, 0.717) is 6.54 Å². The van der Waals surface area contributed by atoms with Crippen LogP contribution in [0.5, 0.6) is 0 Å². The lowest BCUT2D eigenvalue weighted by molar-refractivity contribution is -0.143. The summed E-state index contributed by atoms with van der Waals surface area (Å²) in [5.74, 6) is 0. The second-order valence-corrected chi connectivity index (χ2v) is 5.22. The minimum atomic E-state index is -0.0752. The lowest BCUT2D eigenvalue weighted by atomic mass is 9.89. The van der Waals surface area contributed by atoms with E-state index in [4.69, 9.17) is 10.5 Å². The average molecular weight is 200 g/mol. The van der Waals surface area contributed by atoms with Crippen molar-refractivity contribution in [3.05, 3.63) is 0 Å². The van der Waals surface area contributed by atoms with Crippen molar-refractivity contribution in [1.82, 2.24) is 5.32 Å². The van der Waals surface area contributed by atoms with E-state index in [2.05, 4.69) is 26.1 Å². The van der Waals surface area contributed by atoms with Crippen LogP contribution in [0.15, 0.2) is 0 Å². The van der Waals surface area contributed by atoms with Crippen molar-refractivity contribution in [3.63, 3.8) is 0 Å². The highest BCUT2D eigenvalue weighted by Gasteiger charge is 2.35. The van der Waals surface area contributed by atoms with E-state index >= 15 is 0 Å². The SMILES string of the molecule is CC(C)(C)OC1(CCN)CCCNC1. The van der Waals surface area contributed by atoms with Crippen molar-refractivity contribution < 1.29 is 4.74 Å². The molecule has 0 saturated carbocycles. The van der Waals surface area contributed by atoms with Gasteiger partial charge in [0, 0.05) is 6.54 Å². The van der Waals surface area contributed by atoms with E-state index in [-0.39, 0.29) is 11.2 Å². The topological polar surface area (TPSA) is 47.3 Å². The summed E-state index contributed by atoms with van der Waals surface area (Å²) in [5, 5.41) is 3.40. The molecule has 1 rings (SSSR count). The summed E-state index contributed by atoms with van der Waals surface area (Å²) in [6, 6.07) is 0. The highest BCUT2D eigenvalue weighted by molar-refractivity contribution is 4.89. The molecule has 0 radical (unpaired) electrons. The standard InChI is InChI=1S/C11H24N2O/c1-10(2,3)14-11(6-7-12)5-4-8-13-9-11/h13H,4-9,12H2,1-3H3. The van der Waals surface area contributed by atoms with E-state index < -0.39 is 0 Å². The van der Waals surface area contributed by atoms with Crippen LogP contribution in [0.2, 0.25) is 0 Å². The third-order valence-electron chi connectivity index (χ3n) is 2.56. The summed E-state index contributed by atoms with van der Waals surface area (Å²) in [6.45, 7) is 9.10. The summed E-state index contributed by atoms with van der Waals surface area (Å²) < 4.78 is 6.16. The Kier molecular flexibility index (Phi) is 3.93. The Morgan fingerprint density at radius 1 is 1.43 bits per heavy atom. The molecule has 0 aromatic carbocycles. The van der Waals surface area contributed by atoms with Crippen molar-refractivity contribution in [2.75, 3.05) is 19.6 Å². The molecule has 3 N–H and O–H groups in total. The first-order chi connectivity index (χ1) is 6.47. The molecule has 1 aliphatic heterocycles. The monoisotopic (exact) mass is 200 g/mol. The lowest BCUT2D eigenvalue weighted by Crippen LogP contribution is -2.52. The third-order valence-corrected chi connectivity index (χ3v) is 2.56. The van der Waals surface area contributed by atoms with E-state index in [1.54, 1.807) is 0 Å². The van der Waals surface area contributed by atoms with E-state index in [1.807, 2.05) is 0 Å². The second-order valence-electron chi connectivity index (χ2n) is 5.22. The molecule has 0 aliphatic carbocycles. The van der Waals surface area contributed by atoms with Crippen molar-refractivity contribution in [2.45, 2.75) is 51.2 Å². The van der Waals surface area contributed by atoms with Crippen LogP contribution in [0.25, 0.3) is 0 Å². The zero-order chi connectivity index (χ0) is 10.7. The van der Waals surface area contributed by atoms with Gasteiger partial charge in [-0.3, -0.25) is 0 Å². The zero-order valence-corrected chi connectivity index (χ0v) is 9.73. The molecule has 1 aliphatic rings. The number of nitrogens with one attached hydrogen (secondary N) is 1. The molecule has 3 nitrogen and oxygen atoms in total. The van der Waals surface area contributed by atoms with Crippen molar-refractivity contribution >= 4 is 0 Å². The molecule has 3 heteroatoms. The van der Waals surface area contributed by atoms with Gasteiger partial charge in [0.25, 0.3) is 0 Å². The van der Waals surface area contributed by atoms with Gasteiger partial charge in [0.1, 0.15) is 0 Å². The molecule has 14 heavy (non-hydrogen) atoms. The molecule has 0 amide bonds. The van der Waals surface area contributed by atoms with Crippen LogP contribution in [-0.4, -0.2) is 30.8 Å². The summed E-state index contributed by atoms with van der Waals surface area (Å²) >= 11 is 0. The normalized spacial score (nSPS) is 29.1. The van der Waals surface area contributed by atoms with E-state index in [1.165, 1.54) is 6.42 Å². The minimum absolute atomic E-state index is 0.0226. The molecule has 0 bridgehead atoms. The molecule has 0 spiro atoms. The molecule has 1 unspecified atom stereocenters. The fourth-order valence-corrected chi connectivity index (χ4v) is 2.20. The van der Waals surface area contributed by atoms with Gasteiger partial charge in [-0.15, -0.1) is 0 Å². The van der Waals surface area contributed by atoms with Gasteiger partial charge in [0.15, 0.2) is 0 Å². The first kappa shape index (κ1) is 12.0. The maximum Gasteiger partial charge on any atom is 0.0825 e. The van der Waals surface area contributed by atoms with Crippen molar-refractivity contribution in [2.24, 2.45) is 5.73 Å². The predicted octanol–water partition coefficient (Wildman–Crippen LogP) is 1.27. The summed E-state index contributed by atoms with van der Waals surface area (Å²) in [7, 11) is 0. The number of hydrogen-bond donors (Lipinski definition) is 2. The fraction of sp³-hybridized carbons (Fsp3) is 1.00. The Balaban J connectivity index is 2.60. The summed E-state index contributed by atoms with van der Waals surface area (Å²) in [4.78, 5) is 0. The quantitative estimate of drug-likeness (QED) is 0.721. The number of rotatable bonds is 3. The van der Waals surface area contributed by atoms with Crippen LogP contribution in [0.4, 0.5) is 0 Å². The molecule has 84 valence electrons. The van der Waals surface area contributed by atoms with Crippen LogP contribution in [-0.2, 0) is 4.74 Å². The van der Waals surface area contributed by atoms with Gasteiger partial charge in [0.2, 0.25) is 0 Å². The number of nitrogens with two attached hydrogens (primary N) is 1. The van der Waals surface area contributed by atoms with Gasteiger partial charge >= 0.3 is 0 Å². The van der Waals surface area contributed by atoms with Gasteiger partial charge in [0.05, 0.1) is 11.2 Å². The second kappa shape index (κ2) is 4.60. The summed E-state index contributed by atoms with van der Waals surface area (Å²) in [5.41, 5.74) is 5.56. The molecule has 0 aromatic rings. The maximum atomic E-state index is 6.16. The first-order valence-corrected chi connectivity index (χ1v) is 5.58. The van der Waals surface area contributed by atoms with Crippen LogP contribution in [0, 0.1) is 0 Å². The Morgan fingerprint density at radius 2 is 2.14 bits per heavy atom. The number of hydrogen-bond acceptors (Lipinski definition) is 3. The smallest absolute Gasteiger partial charge is 0.0825 e. The Labute approximate surface area is 87.4 Å². The third kappa shape index (κ3) is 3.56. The van der Waals surface area contributed by atoms with Gasteiger partial charge < -0.3 is 15.8 Å². The number of piperidine rings is 1. The van der Waals surface area contributed by atoms with Crippen LogP contribution < -0.4 is 11.1 Å². The lowest BCUT2D eigenvalue weighted by Gasteiger charge is -2.42.